The van der Waals surface area contributed by atoms with Gasteiger partial charge in [-0.15, -0.1) is 0 Å². The van der Waals surface area contributed by atoms with E-state index in [9.17, 15) is 0 Å². The van der Waals surface area contributed by atoms with Gasteiger partial charge in [0.05, 0.1) is 4.95 Å². The molecule has 0 heterocycles. The number of hydrogen-bond acceptors (Lipinski definition) is 1. The zero-order chi connectivity index (χ0) is 10.2. The lowest BCUT2D eigenvalue weighted by Gasteiger charge is -2.12. The van der Waals surface area contributed by atoms with Crippen molar-refractivity contribution in [3.63, 3.8) is 0 Å². The molecule has 0 spiro atoms. The van der Waals surface area contributed by atoms with Gasteiger partial charge in [0.25, 0.3) is 0 Å². The molecule has 1 atom stereocenters. The van der Waals surface area contributed by atoms with Crippen molar-refractivity contribution >= 4 is 21.6 Å². The molecule has 1 unspecified atom stereocenters. The van der Waals surface area contributed by atoms with Gasteiger partial charge in [0.2, 0.25) is 0 Å². The Hall–Kier alpha value is -0.500. The molecule has 0 amide bonds. The van der Waals surface area contributed by atoms with Crippen molar-refractivity contribution in [2.24, 2.45) is 0 Å². The van der Waals surface area contributed by atoms with E-state index in [1.807, 2.05) is 18.2 Å². The van der Waals surface area contributed by atoms with Crippen LogP contribution < -0.4 is 5.32 Å². The van der Waals surface area contributed by atoms with Gasteiger partial charge in [-0.05, 0) is 18.6 Å². The summed E-state index contributed by atoms with van der Waals surface area (Å²) in [6.45, 7) is 2.23. The molecule has 0 saturated heterocycles. The summed E-state index contributed by atoms with van der Waals surface area (Å²) in [5, 5.41) is 3.42. The number of nitrogens with one attached hydrogen (secondary N) is 1. The van der Waals surface area contributed by atoms with Crippen molar-refractivity contribution in [1.82, 2.24) is 0 Å². The van der Waals surface area contributed by atoms with Gasteiger partial charge in [0.15, 0.2) is 0 Å². The molecule has 14 heavy (non-hydrogen) atoms. The van der Waals surface area contributed by atoms with Gasteiger partial charge in [-0.2, -0.15) is 0 Å². The van der Waals surface area contributed by atoms with Crippen LogP contribution in [0.25, 0.3) is 0 Å². The molecular formula is C12H18BrN. The van der Waals surface area contributed by atoms with Gasteiger partial charge in [-0.1, -0.05) is 60.3 Å². The van der Waals surface area contributed by atoms with Crippen LogP contribution in [0.5, 0.6) is 0 Å². The van der Waals surface area contributed by atoms with E-state index in [0.717, 1.165) is 0 Å². The summed E-state index contributed by atoms with van der Waals surface area (Å²) >= 11 is 3.63. The molecule has 1 aromatic rings. The van der Waals surface area contributed by atoms with Crippen LogP contribution in [0, 0.1) is 0 Å². The molecule has 0 aliphatic carbocycles. The molecule has 0 fully saturated rings. The third-order valence-electron chi connectivity index (χ3n) is 2.16. The first-order chi connectivity index (χ1) is 6.83. The molecule has 1 nitrogen and oxygen atoms in total. The van der Waals surface area contributed by atoms with E-state index < -0.39 is 0 Å². The molecule has 0 aliphatic heterocycles. The SMILES string of the molecule is CCCCCC(Br)Nc1ccccc1. The topological polar surface area (TPSA) is 12.0 Å². The third kappa shape index (κ3) is 4.66. The van der Waals surface area contributed by atoms with E-state index in [0.29, 0.717) is 4.95 Å². The average Bonchev–Trinajstić information content (AvgIpc) is 2.20. The predicted molar refractivity (Wildman–Crippen MR) is 66.9 cm³/mol. The third-order valence-corrected chi connectivity index (χ3v) is 2.84. The summed E-state index contributed by atoms with van der Waals surface area (Å²) in [6, 6.07) is 10.3. The molecule has 0 radical (unpaired) electrons. The highest BCUT2D eigenvalue weighted by Gasteiger charge is 2.01. The van der Waals surface area contributed by atoms with Gasteiger partial charge in [0, 0.05) is 5.69 Å². The quantitative estimate of drug-likeness (QED) is 0.452. The number of hydrogen-bond donors (Lipinski definition) is 1. The lowest BCUT2D eigenvalue weighted by Crippen LogP contribution is -2.10. The fraction of sp³-hybridized carbons (Fsp3) is 0.500. The normalized spacial score (nSPS) is 12.4. The molecule has 0 bridgehead atoms. The maximum atomic E-state index is 3.63. The van der Waals surface area contributed by atoms with Gasteiger partial charge < -0.3 is 5.32 Å². The summed E-state index contributed by atoms with van der Waals surface area (Å²) in [5.74, 6) is 0. The summed E-state index contributed by atoms with van der Waals surface area (Å²) < 4.78 is 0. The monoisotopic (exact) mass is 255 g/mol. The van der Waals surface area contributed by atoms with Crippen LogP contribution in [0.4, 0.5) is 5.69 Å². The van der Waals surface area contributed by atoms with Crippen LogP contribution in [-0.4, -0.2) is 4.95 Å². The number of anilines is 1. The van der Waals surface area contributed by atoms with E-state index in [1.54, 1.807) is 0 Å². The highest BCUT2D eigenvalue weighted by atomic mass is 79.9. The minimum atomic E-state index is 0.399. The number of benzene rings is 1. The first-order valence-corrected chi connectivity index (χ1v) is 6.20. The van der Waals surface area contributed by atoms with Gasteiger partial charge in [-0.25, -0.2) is 0 Å². The van der Waals surface area contributed by atoms with Crippen molar-refractivity contribution in [1.29, 1.82) is 0 Å². The molecule has 0 aliphatic rings. The number of unbranched alkanes of at least 4 members (excludes halogenated alkanes) is 2. The van der Waals surface area contributed by atoms with Crippen LogP contribution in [-0.2, 0) is 0 Å². The maximum Gasteiger partial charge on any atom is 0.0818 e. The van der Waals surface area contributed by atoms with Crippen LogP contribution >= 0.6 is 15.9 Å². The van der Waals surface area contributed by atoms with Gasteiger partial charge in [0.1, 0.15) is 0 Å². The minimum absolute atomic E-state index is 0.399. The fourth-order valence-electron chi connectivity index (χ4n) is 1.36. The first kappa shape index (κ1) is 11.6. The van der Waals surface area contributed by atoms with Crippen LogP contribution in [0.1, 0.15) is 32.6 Å². The Morgan fingerprint density at radius 1 is 1.21 bits per heavy atom. The van der Waals surface area contributed by atoms with Crippen LogP contribution in [0.15, 0.2) is 30.3 Å². The maximum absolute atomic E-state index is 3.63. The Bertz CT molecular complexity index is 235. The Kier molecular flexibility index (Phi) is 5.69. The molecule has 2 heteroatoms. The molecule has 0 aromatic heterocycles. The van der Waals surface area contributed by atoms with Crippen LogP contribution in [0.2, 0.25) is 0 Å². The fourth-order valence-corrected chi connectivity index (χ4v) is 1.95. The molecule has 1 rings (SSSR count). The summed E-state index contributed by atoms with van der Waals surface area (Å²) in [4.78, 5) is 0.399. The lowest BCUT2D eigenvalue weighted by atomic mass is 10.2. The van der Waals surface area contributed by atoms with E-state index in [2.05, 4.69) is 40.3 Å². The summed E-state index contributed by atoms with van der Waals surface area (Å²) in [6.07, 6.45) is 5.07. The Morgan fingerprint density at radius 2 is 1.93 bits per heavy atom. The van der Waals surface area contributed by atoms with Crippen molar-refractivity contribution in [2.75, 3.05) is 5.32 Å². The van der Waals surface area contributed by atoms with Gasteiger partial charge >= 0.3 is 0 Å². The second-order valence-electron chi connectivity index (χ2n) is 3.47. The zero-order valence-electron chi connectivity index (χ0n) is 8.67. The minimum Gasteiger partial charge on any atom is -0.373 e. The molecule has 1 aromatic carbocycles. The van der Waals surface area contributed by atoms with Gasteiger partial charge in [-0.3, -0.25) is 0 Å². The van der Waals surface area contributed by atoms with E-state index in [4.69, 9.17) is 0 Å². The molecule has 78 valence electrons. The Morgan fingerprint density at radius 3 is 2.57 bits per heavy atom. The zero-order valence-corrected chi connectivity index (χ0v) is 10.3. The lowest BCUT2D eigenvalue weighted by molar-refractivity contribution is 0.672. The number of rotatable bonds is 6. The van der Waals surface area contributed by atoms with E-state index in [1.165, 1.54) is 31.4 Å². The molecular weight excluding hydrogens is 238 g/mol. The second kappa shape index (κ2) is 6.88. The van der Waals surface area contributed by atoms with Crippen molar-refractivity contribution in [2.45, 2.75) is 37.6 Å². The largest absolute Gasteiger partial charge is 0.373 e. The number of halogens is 1. The molecule has 1 N–H and O–H groups in total. The standard InChI is InChI=1S/C12H18BrN/c1-2-3-5-10-12(13)14-11-8-6-4-7-9-11/h4,6-9,12,14H,2-3,5,10H2,1H3. The van der Waals surface area contributed by atoms with Crippen molar-refractivity contribution in [3.8, 4) is 0 Å². The Balaban J connectivity index is 2.23. The van der Waals surface area contributed by atoms with E-state index in [-0.39, 0.29) is 0 Å². The predicted octanol–water partition coefficient (Wildman–Crippen LogP) is 4.40. The average molecular weight is 256 g/mol. The first-order valence-electron chi connectivity index (χ1n) is 5.28. The van der Waals surface area contributed by atoms with Crippen LogP contribution in [0.3, 0.4) is 0 Å². The Labute approximate surface area is 95.0 Å². The molecule has 0 saturated carbocycles. The number of para-hydroxylation sites is 1. The summed E-state index contributed by atoms with van der Waals surface area (Å²) in [5.41, 5.74) is 1.19. The van der Waals surface area contributed by atoms with E-state index >= 15 is 0 Å². The highest BCUT2D eigenvalue weighted by Crippen LogP contribution is 2.15. The van der Waals surface area contributed by atoms with Crippen molar-refractivity contribution in [3.05, 3.63) is 30.3 Å². The van der Waals surface area contributed by atoms with Crippen molar-refractivity contribution < 1.29 is 0 Å². The smallest absolute Gasteiger partial charge is 0.0818 e. The summed E-state index contributed by atoms with van der Waals surface area (Å²) in [7, 11) is 0. The second-order valence-corrected chi connectivity index (χ2v) is 4.58. The number of alkyl halides is 1. The highest BCUT2D eigenvalue weighted by molar-refractivity contribution is 9.09.